The van der Waals surface area contributed by atoms with E-state index in [-0.39, 0.29) is 6.61 Å². The molecule has 0 aromatic heterocycles. The summed E-state index contributed by atoms with van der Waals surface area (Å²) in [5.74, 6) is 0. The molecule has 0 aliphatic rings. The van der Waals surface area contributed by atoms with Gasteiger partial charge >= 0.3 is 0 Å². The lowest BCUT2D eigenvalue weighted by molar-refractivity contribution is 0.288. The highest BCUT2D eigenvalue weighted by Gasteiger charge is 1.98. The van der Waals surface area contributed by atoms with Crippen molar-refractivity contribution in [2.75, 3.05) is 6.61 Å². The van der Waals surface area contributed by atoms with Crippen molar-refractivity contribution in [1.82, 2.24) is 0 Å². The number of aliphatic hydroxyl groups excluding tert-OH is 1. The Morgan fingerprint density at radius 2 is 2.15 bits per heavy atom. The largest absolute Gasteiger partial charge is 0.396 e. The van der Waals surface area contributed by atoms with Crippen molar-refractivity contribution >= 4 is 15.9 Å². The molecule has 2 nitrogen and oxygen atoms in total. The number of benzene rings is 1. The highest BCUT2D eigenvalue weighted by Crippen LogP contribution is 2.16. The Bertz CT molecular complexity index is 330. The number of hydrogen-bond acceptors (Lipinski definition) is 2. The van der Waals surface area contributed by atoms with Gasteiger partial charge in [0.2, 0.25) is 0 Å². The highest BCUT2D eigenvalue weighted by molar-refractivity contribution is 9.10. The fraction of sp³-hybridized carbons (Fsp3) is 0.300. The standard InChI is InChI=1S/C10H10BrNO/c11-10-5-8(2-1-3-13)4-9(6-10)7-12/h4-6,13H,1-3H2. The van der Waals surface area contributed by atoms with E-state index < -0.39 is 0 Å². The summed E-state index contributed by atoms with van der Waals surface area (Å²) < 4.78 is 0.916. The molecule has 0 aliphatic carbocycles. The van der Waals surface area contributed by atoms with Crippen LogP contribution in [0, 0.1) is 11.3 Å². The molecule has 0 saturated carbocycles. The second kappa shape index (κ2) is 5.00. The minimum atomic E-state index is 0.189. The molecule has 1 aromatic carbocycles. The first kappa shape index (κ1) is 10.2. The van der Waals surface area contributed by atoms with E-state index in [1.165, 1.54) is 0 Å². The number of rotatable bonds is 3. The van der Waals surface area contributed by atoms with Crippen LogP contribution < -0.4 is 0 Å². The summed E-state index contributed by atoms with van der Waals surface area (Å²) in [4.78, 5) is 0. The van der Waals surface area contributed by atoms with Crippen LogP contribution in [0.15, 0.2) is 22.7 Å². The van der Waals surface area contributed by atoms with Gasteiger partial charge in [-0.1, -0.05) is 15.9 Å². The van der Waals surface area contributed by atoms with Gasteiger partial charge in [-0.15, -0.1) is 0 Å². The van der Waals surface area contributed by atoms with Crippen LogP contribution in [0.3, 0.4) is 0 Å². The number of halogens is 1. The normalized spacial score (nSPS) is 9.62. The zero-order valence-corrected chi connectivity index (χ0v) is 8.71. The molecule has 0 spiro atoms. The third-order valence-electron chi connectivity index (χ3n) is 1.71. The number of hydrogen-bond donors (Lipinski definition) is 1. The fourth-order valence-corrected chi connectivity index (χ4v) is 1.68. The van der Waals surface area contributed by atoms with Crippen LogP contribution >= 0.6 is 15.9 Å². The van der Waals surface area contributed by atoms with E-state index in [0.717, 1.165) is 22.9 Å². The van der Waals surface area contributed by atoms with Gasteiger partial charge in [0.15, 0.2) is 0 Å². The summed E-state index contributed by atoms with van der Waals surface area (Å²) >= 11 is 3.33. The van der Waals surface area contributed by atoms with Crippen LogP contribution in [0.2, 0.25) is 0 Å². The van der Waals surface area contributed by atoms with Gasteiger partial charge in [-0.05, 0) is 36.6 Å². The number of nitrogens with zero attached hydrogens (tertiary/aromatic N) is 1. The van der Waals surface area contributed by atoms with Crippen molar-refractivity contribution in [1.29, 1.82) is 5.26 Å². The van der Waals surface area contributed by atoms with Gasteiger partial charge in [0, 0.05) is 11.1 Å². The molecule has 0 aliphatic heterocycles. The molecular weight excluding hydrogens is 230 g/mol. The average molecular weight is 240 g/mol. The maximum atomic E-state index is 8.69. The molecule has 0 saturated heterocycles. The third kappa shape index (κ3) is 3.17. The molecule has 1 aromatic rings. The monoisotopic (exact) mass is 239 g/mol. The molecule has 3 heteroatoms. The van der Waals surface area contributed by atoms with Crippen molar-refractivity contribution in [2.24, 2.45) is 0 Å². The van der Waals surface area contributed by atoms with Crippen LogP contribution in [0.5, 0.6) is 0 Å². The third-order valence-corrected chi connectivity index (χ3v) is 2.17. The van der Waals surface area contributed by atoms with Crippen molar-refractivity contribution in [2.45, 2.75) is 12.8 Å². The summed E-state index contributed by atoms with van der Waals surface area (Å²) in [5, 5.41) is 17.3. The summed E-state index contributed by atoms with van der Waals surface area (Å²) in [6.45, 7) is 0.189. The van der Waals surface area contributed by atoms with Crippen molar-refractivity contribution in [3.8, 4) is 6.07 Å². The fourth-order valence-electron chi connectivity index (χ4n) is 1.14. The smallest absolute Gasteiger partial charge is 0.0992 e. The maximum Gasteiger partial charge on any atom is 0.0992 e. The molecule has 1 N–H and O–H groups in total. The van der Waals surface area contributed by atoms with E-state index >= 15 is 0 Å². The number of aliphatic hydroxyl groups is 1. The van der Waals surface area contributed by atoms with Crippen LogP contribution in [-0.4, -0.2) is 11.7 Å². The second-order valence-corrected chi connectivity index (χ2v) is 3.70. The van der Waals surface area contributed by atoms with Gasteiger partial charge in [-0.25, -0.2) is 0 Å². The van der Waals surface area contributed by atoms with Gasteiger partial charge < -0.3 is 5.11 Å². The van der Waals surface area contributed by atoms with Gasteiger partial charge in [0.1, 0.15) is 0 Å². The predicted octanol–water partition coefficient (Wildman–Crippen LogP) is 2.25. The maximum absolute atomic E-state index is 8.69. The lowest BCUT2D eigenvalue weighted by Gasteiger charge is -2.01. The number of aryl methyl sites for hydroxylation is 1. The molecule has 0 fully saturated rings. The summed E-state index contributed by atoms with van der Waals surface area (Å²) in [7, 11) is 0. The molecule has 0 unspecified atom stereocenters. The van der Waals surface area contributed by atoms with E-state index in [4.69, 9.17) is 10.4 Å². The van der Waals surface area contributed by atoms with Crippen LogP contribution in [-0.2, 0) is 6.42 Å². The van der Waals surface area contributed by atoms with Crippen LogP contribution in [0.4, 0.5) is 0 Å². The van der Waals surface area contributed by atoms with Crippen molar-refractivity contribution in [3.05, 3.63) is 33.8 Å². The summed E-state index contributed by atoms with van der Waals surface area (Å²) in [5.41, 5.74) is 1.74. The first-order valence-corrected chi connectivity index (χ1v) is 4.86. The molecule has 0 heterocycles. The Labute approximate surface area is 85.9 Å². The van der Waals surface area contributed by atoms with Gasteiger partial charge in [0.25, 0.3) is 0 Å². The minimum absolute atomic E-state index is 0.189. The second-order valence-electron chi connectivity index (χ2n) is 2.79. The molecule has 68 valence electrons. The first-order chi connectivity index (χ1) is 6.26. The quantitative estimate of drug-likeness (QED) is 0.880. The Balaban J connectivity index is 2.83. The molecule has 0 bridgehead atoms. The van der Waals surface area contributed by atoms with Crippen LogP contribution in [0.1, 0.15) is 17.5 Å². The molecule has 0 amide bonds. The summed E-state index contributed by atoms with van der Waals surface area (Å²) in [6, 6.07) is 7.69. The average Bonchev–Trinajstić information content (AvgIpc) is 2.14. The topological polar surface area (TPSA) is 44.0 Å². The van der Waals surface area contributed by atoms with E-state index in [1.807, 2.05) is 12.1 Å². The lowest BCUT2D eigenvalue weighted by Crippen LogP contribution is -1.90. The zero-order valence-electron chi connectivity index (χ0n) is 7.13. The molecular formula is C10H10BrNO. The Kier molecular flexibility index (Phi) is 3.94. The van der Waals surface area contributed by atoms with Gasteiger partial charge in [0.05, 0.1) is 11.6 Å². The van der Waals surface area contributed by atoms with Crippen molar-refractivity contribution in [3.63, 3.8) is 0 Å². The van der Waals surface area contributed by atoms with E-state index in [0.29, 0.717) is 5.56 Å². The first-order valence-electron chi connectivity index (χ1n) is 4.06. The van der Waals surface area contributed by atoms with E-state index in [1.54, 1.807) is 6.07 Å². The van der Waals surface area contributed by atoms with Crippen molar-refractivity contribution < 1.29 is 5.11 Å². The van der Waals surface area contributed by atoms with Gasteiger partial charge in [-0.2, -0.15) is 5.26 Å². The zero-order chi connectivity index (χ0) is 9.68. The molecule has 13 heavy (non-hydrogen) atoms. The highest BCUT2D eigenvalue weighted by atomic mass is 79.9. The molecule has 1 rings (SSSR count). The predicted molar refractivity (Wildman–Crippen MR) is 54.3 cm³/mol. The van der Waals surface area contributed by atoms with Gasteiger partial charge in [-0.3, -0.25) is 0 Å². The SMILES string of the molecule is N#Cc1cc(Br)cc(CCCO)c1. The number of nitriles is 1. The van der Waals surface area contributed by atoms with Crippen LogP contribution in [0.25, 0.3) is 0 Å². The molecule has 0 radical (unpaired) electrons. The molecule has 0 atom stereocenters. The van der Waals surface area contributed by atoms with E-state index in [9.17, 15) is 0 Å². The van der Waals surface area contributed by atoms with E-state index in [2.05, 4.69) is 22.0 Å². The minimum Gasteiger partial charge on any atom is -0.396 e. The Hall–Kier alpha value is -0.850. The Morgan fingerprint density at radius 1 is 1.38 bits per heavy atom. The lowest BCUT2D eigenvalue weighted by atomic mass is 10.1. The Morgan fingerprint density at radius 3 is 2.77 bits per heavy atom. The summed E-state index contributed by atoms with van der Waals surface area (Å²) in [6.07, 6.45) is 1.55.